The second kappa shape index (κ2) is 7.61. The second-order valence-corrected chi connectivity index (χ2v) is 9.33. The lowest BCUT2D eigenvalue weighted by Gasteiger charge is -2.37. The molecule has 1 fully saturated rings. The van der Waals surface area contributed by atoms with Crippen LogP contribution in [0.15, 0.2) is 53.8 Å². The van der Waals surface area contributed by atoms with Gasteiger partial charge in [-0.25, -0.2) is 4.39 Å². The van der Waals surface area contributed by atoms with Crippen molar-refractivity contribution in [2.75, 3.05) is 6.79 Å². The van der Waals surface area contributed by atoms with Gasteiger partial charge in [-0.1, -0.05) is 31.2 Å². The summed E-state index contributed by atoms with van der Waals surface area (Å²) in [4.78, 5) is 28.8. The number of rotatable bonds is 3. The van der Waals surface area contributed by atoms with Crippen molar-refractivity contribution in [2.45, 2.75) is 44.9 Å². The van der Waals surface area contributed by atoms with Crippen LogP contribution in [0.4, 0.5) is 4.39 Å². The van der Waals surface area contributed by atoms with Gasteiger partial charge in [-0.05, 0) is 48.9 Å². The number of carbonyl (C=O) groups excluding carboxylic acids is 2. The van der Waals surface area contributed by atoms with Gasteiger partial charge in [0.15, 0.2) is 23.0 Å². The molecule has 3 heterocycles. The van der Waals surface area contributed by atoms with Crippen molar-refractivity contribution in [2.24, 2.45) is 11.8 Å². The van der Waals surface area contributed by atoms with Crippen LogP contribution in [0, 0.1) is 17.7 Å². The zero-order chi connectivity index (χ0) is 22.7. The minimum atomic E-state index is -0.829. The highest BCUT2D eigenvalue weighted by atomic mass is 19.1. The Kier molecular flexibility index (Phi) is 4.67. The molecule has 0 saturated heterocycles. The van der Waals surface area contributed by atoms with E-state index in [9.17, 15) is 14.0 Å². The summed E-state index contributed by atoms with van der Waals surface area (Å²) < 4.78 is 32.0. The number of ether oxygens (including phenoxy) is 3. The average molecular weight is 449 g/mol. The lowest BCUT2D eigenvalue weighted by Crippen LogP contribution is -2.41. The maximum atomic E-state index is 15.0. The number of fused-ring (bicyclic) bond motifs is 2. The molecule has 2 aromatic rings. The molecule has 4 aliphatic rings. The molecule has 33 heavy (non-hydrogen) atoms. The first-order chi connectivity index (χ1) is 16.0. The van der Waals surface area contributed by atoms with Gasteiger partial charge in [-0.3, -0.25) is 9.59 Å². The summed E-state index contributed by atoms with van der Waals surface area (Å²) in [5.41, 5.74) is 1.39. The van der Waals surface area contributed by atoms with E-state index in [4.69, 9.17) is 14.2 Å². The van der Waals surface area contributed by atoms with Crippen LogP contribution in [0.2, 0.25) is 0 Å². The standard InChI is InChI=1S/C26H24FNO5/c1-14-6-8-19-17(10-14)24(29)22-23(16-4-2-3-5-18(16)27)28(26(30)25(22)33-19)12-15-7-9-20-21(11-15)32-13-31-20/h2-5,7,9,11,14,17,19,23H,6,8,10,12-13H2,1H3. The van der Waals surface area contributed by atoms with Gasteiger partial charge in [-0.2, -0.15) is 0 Å². The van der Waals surface area contributed by atoms with Crippen molar-refractivity contribution in [3.05, 3.63) is 70.7 Å². The van der Waals surface area contributed by atoms with Gasteiger partial charge in [0.25, 0.3) is 5.91 Å². The molecule has 0 radical (unpaired) electrons. The van der Waals surface area contributed by atoms with Crippen LogP contribution < -0.4 is 9.47 Å². The van der Waals surface area contributed by atoms with Gasteiger partial charge in [0.2, 0.25) is 6.79 Å². The number of carbonyl (C=O) groups is 2. The normalized spacial score (nSPS) is 28.0. The Morgan fingerprint density at radius 1 is 1.06 bits per heavy atom. The predicted molar refractivity (Wildman–Crippen MR) is 116 cm³/mol. The Labute approximate surface area is 190 Å². The van der Waals surface area contributed by atoms with E-state index in [0.29, 0.717) is 28.6 Å². The maximum absolute atomic E-state index is 15.0. The van der Waals surface area contributed by atoms with Crippen molar-refractivity contribution in [3.63, 3.8) is 0 Å². The SMILES string of the molecule is CC1CCC2OC3=C(C(=O)C2C1)C(c1ccccc1F)N(Cc1ccc2c(c1)OCO2)C3=O. The molecule has 2 aromatic carbocycles. The highest BCUT2D eigenvalue weighted by Crippen LogP contribution is 2.48. The molecule has 1 aliphatic carbocycles. The first-order valence-electron chi connectivity index (χ1n) is 11.4. The monoisotopic (exact) mass is 449 g/mol. The highest BCUT2D eigenvalue weighted by molar-refractivity contribution is 6.11. The van der Waals surface area contributed by atoms with E-state index in [1.807, 2.05) is 12.1 Å². The summed E-state index contributed by atoms with van der Waals surface area (Å²) >= 11 is 0. The molecule has 3 aliphatic heterocycles. The summed E-state index contributed by atoms with van der Waals surface area (Å²) in [6.45, 7) is 2.47. The van der Waals surface area contributed by atoms with Crippen LogP contribution in [0.3, 0.4) is 0 Å². The molecule has 4 unspecified atom stereocenters. The lowest BCUT2D eigenvalue weighted by molar-refractivity contribution is -0.136. The van der Waals surface area contributed by atoms with Gasteiger partial charge < -0.3 is 19.1 Å². The molecule has 0 spiro atoms. The van der Waals surface area contributed by atoms with E-state index in [2.05, 4.69) is 6.92 Å². The Balaban J connectivity index is 1.42. The molecule has 7 heteroatoms. The van der Waals surface area contributed by atoms with Crippen LogP contribution in [-0.4, -0.2) is 29.5 Å². The molecular formula is C26H24FNO5. The fraction of sp³-hybridized carbons (Fsp3) is 0.385. The van der Waals surface area contributed by atoms with E-state index in [-0.39, 0.29) is 42.8 Å². The van der Waals surface area contributed by atoms with Crippen molar-refractivity contribution in [3.8, 4) is 11.5 Å². The van der Waals surface area contributed by atoms with Crippen molar-refractivity contribution in [1.29, 1.82) is 0 Å². The van der Waals surface area contributed by atoms with Crippen LogP contribution in [0.5, 0.6) is 11.5 Å². The maximum Gasteiger partial charge on any atom is 0.290 e. The fourth-order valence-electron chi connectivity index (χ4n) is 5.54. The quantitative estimate of drug-likeness (QED) is 0.699. The largest absolute Gasteiger partial charge is 0.483 e. The third kappa shape index (κ3) is 3.21. The van der Waals surface area contributed by atoms with E-state index in [1.165, 1.54) is 6.07 Å². The van der Waals surface area contributed by atoms with Crippen molar-refractivity contribution >= 4 is 11.7 Å². The molecule has 6 nitrogen and oxygen atoms in total. The lowest BCUT2D eigenvalue weighted by atomic mass is 9.74. The van der Waals surface area contributed by atoms with Gasteiger partial charge in [0, 0.05) is 12.1 Å². The molecule has 1 saturated carbocycles. The predicted octanol–water partition coefficient (Wildman–Crippen LogP) is 4.30. The minimum Gasteiger partial charge on any atom is -0.483 e. The summed E-state index contributed by atoms with van der Waals surface area (Å²) in [6, 6.07) is 10.9. The van der Waals surface area contributed by atoms with E-state index < -0.39 is 11.9 Å². The summed E-state index contributed by atoms with van der Waals surface area (Å²) in [6.07, 6.45) is 2.14. The summed E-state index contributed by atoms with van der Waals surface area (Å²) in [5, 5.41) is 0. The van der Waals surface area contributed by atoms with Crippen LogP contribution in [0.25, 0.3) is 0 Å². The topological polar surface area (TPSA) is 65.1 Å². The van der Waals surface area contributed by atoms with Gasteiger partial charge in [-0.15, -0.1) is 0 Å². The third-order valence-corrected chi connectivity index (χ3v) is 7.20. The molecule has 0 N–H and O–H groups in total. The number of halogens is 1. The number of Topliss-reactive ketones (excluding diaryl/α,β-unsaturated/α-hetero) is 1. The average Bonchev–Trinajstić information content (AvgIpc) is 3.38. The van der Waals surface area contributed by atoms with Crippen molar-refractivity contribution in [1.82, 2.24) is 4.90 Å². The fourth-order valence-corrected chi connectivity index (χ4v) is 5.54. The number of hydrogen-bond acceptors (Lipinski definition) is 5. The Morgan fingerprint density at radius 2 is 1.88 bits per heavy atom. The second-order valence-electron chi connectivity index (χ2n) is 9.33. The molecule has 1 amide bonds. The number of benzene rings is 2. The first-order valence-corrected chi connectivity index (χ1v) is 11.4. The van der Waals surface area contributed by atoms with E-state index >= 15 is 0 Å². The first kappa shape index (κ1) is 20.3. The summed E-state index contributed by atoms with van der Waals surface area (Å²) in [7, 11) is 0. The van der Waals surface area contributed by atoms with Crippen molar-refractivity contribution < 1.29 is 28.2 Å². The Bertz CT molecular complexity index is 1190. The van der Waals surface area contributed by atoms with Gasteiger partial charge in [0.1, 0.15) is 11.9 Å². The molecule has 0 bridgehead atoms. The summed E-state index contributed by atoms with van der Waals surface area (Å²) in [5.74, 6) is 0.549. The molecule has 170 valence electrons. The number of nitrogens with zero attached hydrogens (tertiary/aromatic N) is 1. The van der Waals surface area contributed by atoms with Crippen LogP contribution >= 0.6 is 0 Å². The Hall–Kier alpha value is -3.35. The van der Waals surface area contributed by atoms with Gasteiger partial charge in [0.05, 0.1) is 17.5 Å². The number of amides is 1. The Morgan fingerprint density at radius 3 is 2.73 bits per heavy atom. The number of ketones is 1. The minimum absolute atomic E-state index is 0.0809. The number of hydrogen-bond donors (Lipinski definition) is 0. The third-order valence-electron chi connectivity index (χ3n) is 7.20. The van der Waals surface area contributed by atoms with E-state index in [0.717, 1.165) is 24.8 Å². The van der Waals surface area contributed by atoms with Gasteiger partial charge >= 0.3 is 0 Å². The van der Waals surface area contributed by atoms with Crippen LogP contribution in [0.1, 0.15) is 43.4 Å². The smallest absolute Gasteiger partial charge is 0.290 e. The molecule has 0 aromatic heterocycles. The molecule has 6 rings (SSSR count). The molecule has 4 atom stereocenters. The zero-order valence-corrected chi connectivity index (χ0v) is 18.3. The van der Waals surface area contributed by atoms with E-state index in [1.54, 1.807) is 29.2 Å². The van der Waals surface area contributed by atoms with Crippen LogP contribution in [-0.2, 0) is 20.9 Å². The molecular weight excluding hydrogens is 425 g/mol. The zero-order valence-electron chi connectivity index (χ0n) is 18.3. The highest BCUT2D eigenvalue weighted by Gasteiger charge is 2.53.